The van der Waals surface area contributed by atoms with Crippen LogP contribution in [-0.4, -0.2) is 29.3 Å². The maximum Gasteiger partial charge on any atom is 0.389 e. The monoisotopic (exact) mass is 391 g/mol. The summed E-state index contributed by atoms with van der Waals surface area (Å²) < 4.78 is 56.8. The van der Waals surface area contributed by atoms with E-state index in [1.54, 1.807) is 0 Å². The maximum absolute atomic E-state index is 13.2. The first-order chi connectivity index (χ1) is 12.1. The van der Waals surface area contributed by atoms with Gasteiger partial charge in [0.15, 0.2) is 0 Å². The third-order valence-electron chi connectivity index (χ3n) is 3.71. The van der Waals surface area contributed by atoms with Gasteiger partial charge < -0.3 is 9.84 Å². The van der Waals surface area contributed by atoms with Crippen LogP contribution in [0, 0.1) is 5.82 Å². The first-order valence-corrected chi connectivity index (χ1v) is 7.74. The van der Waals surface area contributed by atoms with Gasteiger partial charge in [0.1, 0.15) is 11.5 Å². The average Bonchev–Trinajstić information content (AvgIpc) is 2.58. The molecule has 0 radical (unpaired) electrons. The van der Waals surface area contributed by atoms with Crippen molar-refractivity contribution in [2.75, 3.05) is 7.11 Å². The molecule has 140 valence electrons. The minimum absolute atomic E-state index is 0.0232. The fourth-order valence-corrected chi connectivity index (χ4v) is 2.83. The highest BCUT2D eigenvalue weighted by Gasteiger charge is 2.37. The Morgan fingerprint density at radius 1 is 1.31 bits per heavy atom. The fraction of sp³-hybridized carbons (Fsp3) is 0.294. The number of carbonyl (C=O) groups is 1. The standard InChI is InChI=1S/C17H14ClF4NO3/c1-26-16(25)14-6-9(4-5-23-14)15(24)12(8-17(20,21)22)11-3-2-10(19)7-13(11)18/h2-7,12,15,24H,8H2,1H3. The molecule has 0 aliphatic carbocycles. The molecule has 2 unspecified atom stereocenters. The molecule has 0 amide bonds. The summed E-state index contributed by atoms with van der Waals surface area (Å²) in [6.45, 7) is 0. The number of rotatable bonds is 5. The predicted octanol–water partition coefficient (Wildman–Crippen LogP) is 4.43. The average molecular weight is 392 g/mol. The molecule has 26 heavy (non-hydrogen) atoms. The van der Waals surface area contributed by atoms with E-state index in [2.05, 4.69) is 9.72 Å². The van der Waals surface area contributed by atoms with Gasteiger partial charge in [-0.3, -0.25) is 0 Å². The molecule has 1 heterocycles. The molecule has 0 saturated carbocycles. The molecule has 0 saturated heterocycles. The smallest absolute Gasteiger partial charge is 0.389 e. The summed E-state index contributed by atoms with van der Waals surface area (Å²) in [6.07, 6.45) is -6.50. The second kappa shape index (κ2) is 8.01. The van der Waals surface area contributed by atoms with Gasteiger partial charge >= 0.3 is 12.1 Å². The summed E-state index contributed by atoms with van der Waals surface area (Å²) in [5, 5.41) is 10.3. The number of alkyl halides is 3. The normalized spacial score (nSPS) is 14.0. The third-order valence-corrected chi connectivity index (χ3v) is 4.04. The molecule has 1 aromatic heterocycles. The van der Waals surface area contributed by atoms with Gasteiger partial charge in [-0.25, -0.2) is 14.2 Å². The fourth-order valence-electron chi connectivity index (χ4n) is 2.52. The van der Waals surface area contributed by atoms with Crippen LogP contribution >= 0.6 is 11.6 Å². The van der Waals surface area contributed by atoms with Crippen LogP contribution in [0.4, 0.5) is 17.6 Å². The molecule has 4 nitrogen and oxygen atoms in total. The Labute approximate surface area is 151 Å². The van der Waals surface area contributed by atoms with Crippen molar-refractivity contribution in [2.45, 2.75) is 24.6 Å². The number of carbonyl (C=O) groups excluding carboxylic acids is 1. The van der Waals surface area contributed by atoms with E-state index in [9.17, 15) is 27.5 Å². The Kier molecular flexibility index (Phi) is 6.20. The number of aliphatic hydroxyl groups is 1. The lowest BCUT2D eigenvalue weighted by molar-refractivity contribution is -0.145. The van der Waals surface area contributed by atoms with Gasteiger partial charge in [0, 0.05) is 17.1 Å². The van der Waals surface area contributed by atoms with Crippen molar-refractivity contribution < 1.29 is 32.2 Å². The minimum Gasteiger partial charge on any atom is -0.464 e. The largest absolute Gasteiger partial charge is 0.464 e. The summed E-state index contributed by atoms with van der Waals surface area (Å²) in [6, 6.07) is 5.35. The molecule has 1 N–H and O–H groups in total. The lowest BCUT2D eigenvalue weighted by atomic mass is 9.86. The van der Waals surface area contributed by atoms with Gasteiger partial charge in [-0.2, -0.15) is 13.2 Å². The van der Waals surface area contributed by atoms with Crippen molar-refractivity contribution in [2.24, 2.45) is 0 Å². The number of nitrogens with zero attached hydrogens (tertiary/aromatic N) is 1. The number of hydrogen-bond acceptors (Lipinski definition) is 4. The minimum atomic E-state index is -4.61. The Hall–Kier alpha value is -2.19. The molecule has 0 fully saturated rings. The summed E-state index contributed by atoms with van der Waals surface area (Å²) in [4.78, 5) is 15.3. The number of benzene rings is 1. The van der Waals surface area contributed by atoms with Crippen LogP contribution in [0.2, 0.25) is 5.02 Å². The molecular formula is C17H14ClF4NO3. The maximum atomic E-state index is 13.2. The second-order valence-corrected chi connectivity index (χ2v) is 5.91. The highest BCUT2D eigenvalue weighted by molar-refractivity contribution is 6.31. The van der Waals surface area contributed by atoms with Crippen LogP contribution in [0.25, 0.3) is 0 Å². The van der Waals surface area contributed by atoms with Gasteiger partial charge in [0.2, 0.25) is 0 Å². The Balaban J connectivity index is 2.46. The van der Waals surface area contributed by atoms with E-state index in [-0.39, 0.29) is 21.8 Å². The van der Waals surface area contributed by atoms with Crippen molar-refractivity contribution in [1.29, 1.82) is 0 Å². The van der Waals surface area contributed by atoms with E-state index in [0.717, 1.165) is 31.4 Å². The van der Waals surface area contributed by atoms with E-state index in [1.807, 2.05) is 0 Å². The zero-order valence-corrected chi connectivity index (χ0v) is 14.2. The Morgan fingerprint density at radius 3 is 2.58 bits per heavy atom. The summed E-state index contributed by atoms with van der Waals surface area (Å²) >= 11 is 5.88. The van der Waals surface area contributed by atoms with Crippen LogP contribution < -0.4 is 0 Å². The van der Waals surface area contributed by atoms with Gasteiger partial charge in [-0.1, -0.05) is 17.7 Å². The second-order valence-electron chi connectivity index (χ2n) is 5.50. The van der Waals surface area contributed by atoms with Crippen LogP contribution in [0.5, 0.6) is 0 Å². The summed E-state index contributed by atoms with van der Waals surface area (Å²) in [7, 11) is 1.12. The lowest BCUT2D eigenvalue weighted by Crippen LogP contribution is -2.20. The number of hydrogen-bond donors (Lipinski definition) is 1. The Morgan fingerprint density at radius 2 is 2.00 bits per heavy atom. The van der Waals surface area contributed by atoms with Gasteiger partial charge in [0.25, 0.3) is 0 Å². The van der Waals surface area contributed by atoms with Crippen molar-refractivity contribution >= 4 is 17.6 Å². The molecule has 0 spiro atoms. The van der Waals surface area contributed by atoms with E-state index in [1.165, 1.54) is 12.3 Å². The molecule has 0 aliphatic rings. The van der Waals surface area contributed by atoms with Crippen molar-refractivity contribution in [3.8, 4) is 0 Å². The number of halogens is 5. The Bertz CT molecular complexity index is 798. The number of methoxy groups -OCH3 is 1. The number of pyridine rings is 1. The number of ether oxygens (including phenoxy) is 1. The number of esters is 1. The molecular weight excluding hydrogens is 378 g/mol. The van der Waals surface area contributed by atoms with E-state index < -0.39 is 36.4 Å². The zero-order valence-electron chi connectivity index (χ0n) is 13.4. The van der Waals surface area contributed by atoms with Crippen LogP contribution in [-0.2, 0) is 4.74 Å². The molecule has 2 rings (SSSR count). The molecule has 2 aromatic rings. The molecule has 9 heteroatoms. The lowest BCUT2D eigenvalue weighted by Gasteiger charge is -2.26. The van der Waals surface area contributed by atoms with Gasteiger partial charge in [0.05, 0.1) is 19.6 Å². The number of aromatic nitrogens is 1. The quantitative estimate of drug-likeness (QED) is 0.605. The summed E-state index contributed by atoms with van der Waals surface area (Å²) in [5.41, 5.74) is -0.204. The zero-order chi connectivity index (χ0) is 19.5. The molecule has 0 aliphatic heterocycles. The van der Waals surface area contributed by atoms with Crippen molar-refractivity contribution in [3.05, 3.63) is 64.2 Å². The SMILES string of the molecule is COC(=O)c1cc(C(O)C(CC(F)(F)F)c2ccc(F)cc2Cl)ccn1. The topological polar surface area (TPSA) is 59.4 Å². The van der Waals surface area contributed by atoms with Gasteiger partial charge in [-0.15, -0.1) is 0 Å². The summed E-state index contributed by atoms with van der Waals surface area (Å²) in [5.74, 6) is -3.02. The van der Waals surface area contributed by atoms with Crippen LogP contribution in [0.1, 0.15) is 40.1 Å². The highest BCUT2D eigenvalue weighted by atomic mass is 35.5. The van der Waals surface area contributed by atoms with E-state index >= 15 is 0 Å². The predicted molar refractivity (Wildman–Crippen MR) is 85.4 cm³/mol. The van der Waals surface area contributed by atoms with Gasteiger partial charge in [-0.05, 0) is 35.4 Å². The third kappa shape index (κ3) is 4.92. The first kappa shape index (κ1) is 20.1. The molecule has 0 bridgehead atoms. The van der Waals surface area contributed by atoms with Crippen LogP contribution in [0.3, 0.4) is 0 Å². The van der Waals surface area contributed by atoms with Crippen LogP contribution in [0.15, 0.2) is 36.5 Å². The molecule has 1 aromatic carbocycles. The van der Waals surface area contributed by atoms with Crippen molar-refractivity contribution in [3.63, 3.8) is 0 Å². The van der Waals surface area contributed by atoms with E-state index in [4.69, 9.17) is 11.6 Å². The number of aliphatic hydroxyl groups excluding tert-OH is 1. The van der Waals surface area contributed by atoms with Crippen molar-refractivity contribution in [1.82, 2.24) is 4.98 Å². The first-order valence-electron chi connectivity index (χ1n) is 7.36. The molecule has 2 atom stereocenters. The highest BCUT2D eigenvalue weighted by Crippen LogP contribution is 2.42. The van der Waals surface area contributed by atoms with E-state index in [0.29, 0.717) is 0 Å².